The normalized spacial score (nSPS) is 17.4. The first-order valence-electron chi connectivity index (χ1n) is 6.04. The molecule has 1 fully saturated rings. The number of hydrogen-bond donors (Lipinski definition) is 1. The van der Waals surface area contributed by atoms with E-state index in [1.165, 1.54) is 37.7 Å². The molecule has 1 aromatic heterocycles. The van der Waals surface area contributed by atoms with Crippen molar-refractivity contribution in [2.24, 2.45) is 7.05 Å². The monoisotopic (exact) mass is 292 g/mol. The Balaban J connectivity index is 0.00000144. The third kappa shape index (κ3) is 3.28. The molecule has 0 atom stereocenters. The lowest BCUT2D eigenvalue weighted by molar-refractivity contribution is 0.249. The highest BCUT2D eigenvalue weighted by Gasteiger charge is 2.32. The summed E-state index contributed by atoms with van der Waals surface area (Å²) >= 11 is 0. The quantitative estimate of drug-likeness (QED) is 0.909. The molecule has 1 heterocycles. The van der Waals surface area contributed by atoms with Crippen LogP contribution >= 0.6 is 24.8 Å². The lowest BCUT2D eigenvalue weighted by atomic mass is 9.77. The van der Waals surface area contributed by atoms with Crippen LogP contribution in [0.2, 0.25) is 0 Å². The van der Waals surface area contributed by atoms with E-state index < -0.39 is 0 Å². The van der Waals surface area contributed by atoms with Gasteiger partial charge in [0.1, 0.15) is 0 Å². The molecular formula is C13H22Cl2N2O. The van der Waals surface area contributed by atoms with E-state index >= 15 is 0 Å². The number of pyridine rings is 1. The van der Waals surface area contributed by atoms with Gasteiger partial charge in [0.2, 0.25) is 5.56 Å². The van der Waals surface area contributed by atoms with Crippen LogP contribution in [0.4, 0.5) is 0 Å². The SMILES string of the molecule is CNC1(c2ccc(=O)n(C)c2)CCCCC1.Cl.Cl. The van der Waals surface area contributed by atoms with Gasteiger partial charge in [0, 0.05) is 24.8 Å². The molecule has 0 amide bonds. The maximum Gasteiger partial charge on any atom is 0.250 e. The minimum atomic E-state index is 0. The molecule has 1 saturated carbocycles. The summed E-state index contributed by atoms with van der Waals surface area (Å²) in [4.78, 5) is 11.4. The van der Waals surface area contributed by atoms with Gasteiger partial charge in [0.15, 0.2) is 0 Å². The summed E-state index contributed by atoms with van der Waals surface area (Å²) in [5.41, 5.74) is 1.39. The van der Waals surface area contributed by atoms with Gasteiger partial charge in [0.05, 0.1) is 0 Å². The van der Waals surface area contributed by atoms with Crippen LogP contribution in [-0.4, -0.2) is 11.6 Å². The zero-order valence-corrected chi connectivity index (χ0v) is 12.6. The zero-order valence-electron chi connectivity index (χ0n) is 10.9. The van der Waals surface area contributed by atoms with Crippen molar-refractivity contribution >= 4 is 24.8 Å². The Hall–Kier alpha value is -0.510. The van der Waals surface area contributed by atoms with Crippen molar-refractivity contribution in [3.63, 3.8) is 0 Å². The Morgan fingerprint density at radius 1 is 1.17 bits per heavy atom. The third-order valence-electron chi connectivity index (χ3n) is 3.82. The van der Waals surface area contributed by atoms with Crippen LogP contribution in [0.25, 0.3) is 0 Å². The molecule has 0 spiro atoms. The zero-order chi connectivity index (χ0) is 11.6. The number of aromatic nitrogens is 1. The van der Waals surface area contributed by atoms with Gasteiger partial charge in [0.25, 0.3) is 0 Å². The van der Waals surface area contributed by atoms with E-state index in [1.54, 1.807) is 10.6 Å². The van der Waals surface area contributed by atoms with Crippen molar-refractivity contribution in [1.29, 1.82) is 0 Å². The number of aryl methyl sites for hydroxylation is 1. The average molecular weight is 293 g/mol. The van der Waals surface area contributed by atoms with E-state index in [1.807, 2.05) is 26.4 Å². The average Bonchev–Trinajstić information content (AvgIpc) is 2.33. The van der Waals surface area contributed by atoms with Crippen molar-refractivity contribution in [2.75, 3.05) is 7.05 Å². The van der Waals surface area contributed by atoms with Crippen LogP contribution in [0.3, 0.4) is 0 Å². The van der Waals surface area contributed by atoms with Crippen LogP contribution in [0, 0.1) is 0 Å². The maximum atomic E-state index is 11.4. The van der Waals surface area contributed by atoms with E-state index in [9.17, 15) is 4.79 Å². The minimum absolute atomic E-state index is 0. The predicted octanol–water partition coefficient (Wildman–Crippen LogP) is 2.61. The number of halogens is 2. The van der Waals surface area contributed by atoms with Crippen LogP contribution < -0.4 is 10.9 Å². The Kier molecular flexibility index (Phi) is 6.97. The highest BCUT2D eigenvalue weighted by molar-refractivity contribution is 5.85. The van der Waals surface area contributed by atoms with Crippen molar-refractivity contribution in [3.8, 4) is 0 Å². The highest BCUT2D eigenvalue weighted by Crippen LogP contribution is 2.36. The Bertz CT molecular complexity index is 425. The van der Waals surface area contributed by atoms with E-state index in [0.717, 1.165) is 0 Å². The first kappa shape index (κ1) is 17.5. The molecule has 0 radical (unpaired) electrons. The second-order valence-corrected chi connectivity index (χ2v) is 4.76. The highest BCUT2D eigenvalue weighted by atomic mass is 35.5. The second-order valence-electron chi connectivity index (χ2n) is 4.76. The molecule has 0 aliphatic heterocycles. The molecule has 0 bridgehead atoms. The summed E-state index contributed by atoms with van der Waals surface area (Å²) in [6.07, 6.45) is 8.18. The van der Waals surface area contributed by atoms with Crippen molar-refractivity contribution in [1.82, 2.24) is 9.88 Å². The molecule has 0 unspecified atom stereocenters. The lowest BCUT2D eigenvalue weighted by Gasteiger charge is -2.37. The molecule has 1 N–H and O–H groups in total. The third-order valence-corrected chi connectivity index (χ3v) is 3.82. The maximum absolute atomic E-state index is 11.4. The molecule has 104 valence electrons. The van der Waals surface area contributed by atoms with Gasteiger partial charge < -0.3 is 9.88 Å². The molecule has 18 heavy (non-hydrogen) atoms. The van der Waals surface area contributed by atoms with E-state index in [4.69, 9.17) is 0 Å². The van der Waals surface area contributed by atoms with Gasteiger partial charge in [-0.05, 0) is 25.5 Å². The molecule has 1 aromatic rings. The van der Waals surface area contributed by atoms with Gasteiger partial charge in [-0.25, -0.2) is 0 Å². The fraction of sp³-hybridized carbons (Fsp3) is 0.615. The lowest BCUT2D eigenvalue weighted by Crippen LogP contribution is -2.42. The summed E-state index contributed by atoms with van der Waals surface area (Å²) in [6, 6.07) is 3.65. The number of rotatable bonds is 2. The summed E-state index contributed by atoms with van der Waals surface area (Å²) in [5.74, 6) is 0. The van der Waals surface area contributed by atoms with Gasteiger partial charge in [-0.2, -0.15) is 0 Å². The molecule has 2 rings (SSSR count). The molecule has 3 nitrogen and oxygen atoms in total. The van der Waals surface area contributed by atoms with Crippen LogP contribution in [0.1, 0.15) is 37.7 Å². The molecule has 1 aliphatic carbocycles. The van der Waals surface area contributed by atoms with E-state index in [-0.39, 0.29) is 35.9 Å². The molecule has 1 aliphatic rings. The second kappa shape index (κ2) is 7.17. The first-order valence-corrected chi connectivity index (χ1v) is 6.04. The van der Waals surface area contributed by atoms with Gasteiger partial charge >= 0.3 is 0 Å². The van der Waals surface area contributed by atoms with Crippen LogP contribution in [-0.2, 0) is 12.6 Å². The first-order chi connectivity index (χ1) is 7.68. The summed E-state index contributed by atoms with van der Waals surface area (Å²) in [5, 5.41) is 3.47. The Morgan fingerprint density at radius 2 is 1.78 bits per heavy atom. The number of hydrogen-bond acceptors (Lipinski definition) is 2. The smallest absolute Gasteiger partial charge is 0.250 e. The van der Waals surface area contributed by atoms with Crippen LogP contribution in [0.5, 0.6) is 0 Å². The fourth-order valence-electron chi connectivity index (χ4n) is 2.72. The summed E-state index contributed by atoms with van der Waals surface area (Å²) in [7, 11) is 3.84. The van der Waals surface area contributed by atoms with Crippen molar-refractivity contribution < 1.29 is 0 Å². The minimum Gasteiger partial charge on any atom is -0.318 e. The standard InChI is InChI=1S/C13H20N2O.2ClH/c1-14-13(8-4-3-5-9-13)11-6-7-12(16)15(2)10-11;;/h6-7,10,14H,3-5,8-9H2,1-2H3;2*1H. The molecule has 0 saturated heterocycles. The topological polar surface area (TPSA) is 34.0 Å². The fourth-order valence-corrected chi connectivity index (χ4v) is 2.72. The van der Waals surface area contributed by atoms with Gasteiger partial charge in [-0.1, -0.05) is 25.3 Å². The summed E-state index contributed by atoms with van der Waals surface area (Å²) in [6.45, 7) is 0. The van der Waals surface area contributed by atoms with E-state index in [2.05, 4.69) is 5.32 Å². The van der Waals surface area contributed by atoms with Crippen LogP contribution in [0.15, 0.2) is 23.1 Å². The number of nitrogens with one attached hydrogen (secondary N) is 1. The van der Waals surface area contributed by atoms with E-state index in [0.29, 0.717) is 0 Å². The molecule has 0 aromatic carbocycles. The molecule has 5 heteroatoms. The Morgan fingerprint density at radius 3 is 2.28 bits per heavy atom. The summed E-state index contributed by atoms with van der Waals surface area (Å²) < 4.78 is 1.67. The number of nitrogens with zero attached hydrogens (tertiary/aromatic N) is 1. The molecular weight excluding hydrogens is 271 g/mol. The van der Waals surface area contributed by atoms with Gasteiger partial charge in [-0.15, -0.1) is 24.8 Å². The Labute approximate surface area is 121 Å². The van der Waals surface area contributed by atoms with Crippen molar-refractivity contribution in [2.45, 2.75) is 37.6 Å². The predicted molar refractivity (Wildman–Crippen MR) is 80.0 cm³/mol. The van der Waals surface area contributed by atoms with Gasteiger partial charge in [-0.3, -0.25) is 4.79 Å². The van der Waals surface area contributed by atoms with Crippen molar-refractivity contribution in [3.05, 3.63) is 34.2 Å². The largest absolute Gasteiger partial charge is 0.318 e.